The molecule has 11 rings (SSSR count). The van der Waals surface area contributed by atoms with Crippen molar-refractivity contribution in [2.24, 2.45) is 15.0 Å². The Kier molecular flexibility index (Phi) is 7.93. The summed E-state index contributed by atoms with van der Waals surface area (Å²) in [7, 11) is 0. The zero-order valence-corrected chi connectivity index (χ0v) is 31.3. The van der Waals surface area contributed by atoms with Crippen molar-refractivity contribution < 1.29 is 8.83 Å². The van der Waals surface area contributed by atoms with Crippen molar-refractivity contribution in [3.63, 3.8) is 0 Å². The average Bonchev–Trinajstić information content (AvgIpc) is 3.96. The summed E-state index contributed by atoms with van der Waals surface area (Å²) in [5.74, 6) is 1.05. The largest absolute Gasteiger partial charge is 0.456 e. The molecule has 0 spiro atoms. The Morgan fingerprint density at radius 2 is 1.21 bits per heavy atom. The van der Waals surface area contributed by atoms with Crippen molar-refractivity contribution in [1.29, 1.82) is 0 Å². The maximum atomic E-state index is 6.47. The second-order valence-electron chi connectivity index (χ2n) is 14.4. The molecule has 0 atom stereocenters. The third-order valence-electron chi connectivity index (χ3n) is 11.0. The van der Waals surface area contributed by atoms with Gasteiger partial charge in [-0.3, -0.25) is 4.99 Å². The fraction of sp³-hybridized carbons (Fsp3) is 0.0192. The molecule has 0 saturated carbocycles. The molecule has 0 N–H and O–H groups in total. The van der Waals surface area contributed by atoms with Crippen molar-refractivity contribution in [3.8, 4) is 16.8 Å². The van der Waals surface area contributed by atoms with Gasteiger partial charge in [-0.1, -0.05) is 140 Å². The van der Waals surface area contributed by atoms with Crippen LogP contribution in [0.15, 0.2) is 206 Å². The van der Waals surface area contributed by atoms with E-state index in [0.717, 1.165) is 88.4 Å². The molecular formula is C52H34N4O2. The van der Waals surface area contributed by atoms with Gasteiger partial charge >= 0.3 is 0 Å². The van der Waals surface area contributed by atoms with E-state index >= 15 is 0 Å². The highest BCUT2D eigenvalue weighted by Gasteiger charge is 2.18. The lowest BCUT2D eigenvalue weighted by Gasteiger charge is -2.11. The Labute approximate surface area is 333 Å². The molecule has 0 aliphatic heterocycles. The second-order valence-corrected chi connectivity index (χ2v) is 14.4. The van der Waals surface area contributed by atoms with E-state index in [4.69, 9.17) is 18.8 Å². The zero-order chi connectivity index (χ0) is 38.6. The number of aliphatic imine (C=N–C) groups is 3. The number of furan rings is 2. The fourth-order valence-electron chi connectivity index (χ4n) is 8.37. The Balaban J connectivity index is 1.05. The Morgan fingerprint density at radius 1 is 0.517 bits per heavy atom. The summed E-state index contributed by atoms with van der Waals surface area (Å²) in [6.07, 6.45) is 0. The molecule has 58 heavy (non-hydrogen) atoms. The summed E-state index contributed by atoms with van der Waals surface area (Å²) >= 11 is 0. The van der Waals surface area contributed by atoms with Gasteiger partial charge < -0.3 is 13.4 Å². The molecule has 0 saturated heterocycles. The van der Waals surface area contributed by atoms with Crippen LogP contribution in [0.3, 0.4) is 0 Å². The summed E-state index contributed by atoms with van der Waals surface area (Å²) in [6.45, 7) is 4.27. The molecule has 3 heterocycles. The van der Waals surface area contributed by atoms with Crippen LogP contribution in [-0.4, -0.2) is 23.0 Å². The van der Waals surface area contributed by atoms with Crippen LogP contribution in [0, 0.1) is 0 Å². The van der Waals surface area contributed by atoms with E-state index < -0.39 is 0 Å². The quantitative estimate of drug-likeness (QED) is 0.126. The van der Waals surface area contributed by atoms with Gasteiger partial charge in [0, 0.05) is 54.7 Å². The first-order valence-electron chi connectivity index (χ1n) is 19.3. The monoisotopic (exact) mass is 746 g/mol. The van der Waals surface area contributed by atoms with Gasteiger partial charge in [0.05, 0.1) is 17.6 Å². The summed E-state index contributed by atoms with van der Waals surface area (Å²) < 4.78 is 15.1. The number of aromatic nitrogens is 1. The van der Waals surface area contributed by atoms with Crippen molar-refractivity contribution in [2.75, 3.05) is 0 Å². The summed E-state index contributed by atoms with van der Waals surface area (Å²) in [5.41, 5.74) is 11.6. The molecule has 8 aromatic carbocycles. The number of para-hydroxylation sites is 4. The van der Waals surface area contributed by atoms with Crippen LogP contribution in [0.4, 0.5) is 0 Å². The number of rotatable bonds is 6. The molecule has 0 fully saturated rings. The molecule has 3 aromatic heterocycles. The highest BCUT2D eigenvalue weighted by atomic mass is 16.3. The van der Waals surface area contributed by atoms with E-state index in [2.05, 4.69) is 125 Å². The first kappa shape index (κ1) is 33.5. The molecule has 0 unspecified atom stereocenters. The molecule has 6 heteroatoms. The van der Waals surface area contributed by atoms with Gasteiger partial charge in [-0.25, -0.2) is 9.98 Å². The molecule has 0 bridgehead atoms. The highest BCUT2D eigenvalue weighted by molar-refractivity contribution is 6.21. The smallest absolute Gasteiger partial charge is 0.161 e. The van der Waals surface area contributed by atoms with Crippen LogP contribution in [0.25, 0.3) is 82.5 Å². The standard InChI is InChI=1S/C52H34N4O2/c1-53-51(34-15-3-2-4-16-34)55-52(43-23-13-27-48-49(43)42-20-7-10-26-47(42)57-48)54-32-33-14-11-17-36(30-33)56-44-24-8-5-18-38(44)39-29-28-35(31-45(39)56)37-21-12-22-41-40-19-6-9-25-46(40)58-50(37)41/h2-31H,1,32H2/b54-52-,55-51-. The lowest BCUT2D eigenvalue weighted by molar-refractivity contribution is 0.669. The number of hydrogen-bond donors (Lipinski definition) is 0. The predicted octanol–water partition coefficient (Wildman–Crippen LogP) is 13.3. The number of amidine groups is 2. The molecule has 0 radical (unpaired) electrons. The van der Waals surface area contributed by atoms with Crippen LogP contribution in [0.5, 0.6) is 0 Å². The molecule has 0 aliphatic carbocycles. The van der Waals surface area contributed by atoms with E-state index in [-0.39, 0.29) is 0 Å². The van der Waals surface area contributed by atoms with Crippen molar-refractivity contribution in [2.45, 2.75) is 6.54 Å². The topological polar surface area (TPSA) is 68.3 Å². The predicted molar refractivity (Wildman–Crippen MR) is 240 cm³/mol. The number of hydrogen-bond acceptors (Lipinski definition) is 3. The molecule has 0 amide bonds. The first-order chi connectivity index (χ1) is 28.7. The first-order valence-corrected chi connectivity index (χ1v) is 19.3. The third kappa shape index (κ3) is 5.53. The maximum Gasteiger partial charge on any atom is 0.161 e. The highest BCUT2D eigenvalue weighted by Crippen LogP contribution is 2.39. The summed E-state index contributed by atoms with van der Waals surface area (Å²) in [4.78, 5) is 14.7. The fourth-order valence-corrected chi connectivity index (χ4v) is 8.37. The number of fused-ring (bicyclic) bond motifs is 9. The van der Waals surface area contributed by atoms with E-state index in [9.17, 15) is 0 Å². The van der Waals surface area contributed by atoms with Crippen LogP contribution in [0.2, 0.25) is 0 Å². The zero-order valence-electron chi connectivity index (χ0n) is 31.3. The van der Waals surface area contributed by atoms with Gasteiger partial charge in [0.25, 0.3) is 0 Å². The van der Waals surface area contributed by atoms with Gasteiger partial charge in [-0.2, -0.15) is 0 Å². The van der Waals surface area contributed by atoms with Gasteiger partial charge in [0.1, 0.15) is 22.3 Å². The SMILES string of the molecule is C=N/C(=N\C(=N/Cc1cccc(-n2c3ccccc3c3ccc(-c4cccc5c4oc4ccccc45)cc32)c1)c1cccc2oc3ccccc3c12)c1ccccc1. The van der Waals surface area contributed by atoms with Gasteiger partial charge in [0.15, 0.2) is 11.7 Å². The van der Waals surface area contributed by atoms with Crippen molar-refractivity contribution in [3.05, 3.63) is 199 Å². The molecule has 11 aromatic rings. The van der Waals surface area contributed by atoms with Crippen LogP contribution < -0.4 is 0 Å². The molecular weight excluding hydrogens is 713 g/mol. The Bertz CT molecular complexity index is 3460. The minimum Gasteiger partial charge on any atom is -0.456 e. The summed E-state index contributed by atoms with van der Waals surface area (Å²) in [6, 6.07) is 62.6. The van der Waals surface area contributed by atoms with E-state index in [1.54, 1.807) is 0 Å². The van der Waals surface area contributed by atoms with Gasteiger partial charge in [0.2, 0.25) is 0 Å². The minimum atomic E-state index is 0.383. The third-order valence-corrected chi connectivity index (χ3v) is 11.0. The maximum absolute atomic E-state index is 6.47. The van der Waals surface area contributed by atoms with Crippen molar-refractivity contribution >= 4 is 84.1 Å². The molecule has 0 aliphatic rings. The number of nitrogens with zero attached hydrogens (tertiary/aromatic N) is 4. The Morgan fingerprint density at radius 3 is 2.07 bits per heavy atom. The van der Waals surface area contributed by atoms with Crippen LogP contribution >= 0.6 is 0 Å². The normalized spacial score (nSPS) is 12.5. The van der Waals surface area contributed by atoms with E-state index in [1.165, 1.54) is 10.8 Å². The lowest BCUT2D eigenvalue weighted by atomic mass is 10.0. The second kappa shape index (κ2) is 13.7. The van der Waals surface area contributed by atoms with Crippen LogP contribution in [-0.2, 0) is 6.54 Å². The number of benzene rings is 8. The van der Waals surface area contributed by atoms with E-state index in [0.29, 0.717) is 18.2 Å². The summed E-state index contributed by atoms with van der Waals surface area (Å²) in [5, 5.41) is 6.58. The van der Waals surface area contributed by atoms with Crippen LogP contribution in [0.1, 0.15) is 16.7 Å². The molecule has 6 nitrogen and oxygen atoms in total. The van der Waals surface area contributed by atoms with E-state index in [1.807, 2.05) is 72.8 Å². The average molecular weight is 747 g/mol. The Hall–Kier alpha value is -7.83. The minimum absolute atomic E-state index is 0.383. The lowest BCUT2D eigenvalue weighted by Crippen LogP contribution is -2.06. The van der Waals surface area contributed by atoms with Gasteiger partial charge in [-0.15, -0.1) is 0 Å². The molecule has 274 valence electrons. The van der Waals surface area contributed by atoms with Gasteiger partial charge in [-0.05, 0) is 60.3 Å². The van der Waals surface area contributed by atoms with Crippen molar-refractivity contribution in [1.82, 2.24) is 4.57 Å².